The number of para-hydroxylation sites is 1. The minimum absolute atomic E-state index is 0.977. The SMILES string of the molecule is c1ccc(-c2cccc(N(c3ccc4c(c3)-c3ccccc3C4)c3ccc4c(c3)sc3ccc(N(c5ccccc5)c5cccc(-c6ccccc6)c5)cc34)c2)cc1. The van der Waals surface area contributed by atoms with Gasteiger partial charge >= 0.3 is 0 Å². The lowest BCUT2D eigenvalue weighted by atomic mass is 10.0. The maximum atomic E-state index is 2.43. The maximum Gasteiger partial charge on any atom is 0.0476 e. The van der Waals surface area contributed by atoms with Crippen molar-refractivity contribution in [3.63, 3.8) is 0 Å². The van der Waals surface area contributed by atoms with Gasteiger partial charge in [0.25, 0.3) is 0 Å². The van der Waals surface area contributed by atoms with Crippen molar-refractivity contribution in [2.75, 3.05) is 9.80 Å². The number of nitrogens with zero attached hydrogens (tertiary/aromatic N) is 2. The third kappa shape index (κ3) is 6.14. The number of hydrogen-bond donors (Lipinski definition) is 0. The standard InChI is InChI=1S/C55H38N2S/c1-4-14-38(15-5-1)40-19-12-23-45(33-40)56(44-21-8-3-9-22-44)48-29-31-54-53(36-48)51-30-28-49(37-55(51)58-54)57(46-24-13-20-41(34-46)39-16-6-2-7-17-39)47-27-26-43-32-42-18-10-11-25-50(42)52(43)35-47/h1-31,33-37H,32H2. The minimum atomic E-state index is 0.977. The molecule has 58 heavy (non-hydrogen) atoms. The van der Waals surface area contributed by atoms with Gasteiger partial charge in [0, 0.05) is 54.3 Å². The zero-order valence-electron chi connectivity index (χ0n) is 31.8. The highest BCUT2D eigenvalue weighted by Crippen LogP contribution is 2.46. The molecule has 1 aromatic heterocycles. The summed E-state index contributed by atoms with van der Waals surface area (Å²) in [5.41, 5.74) is 17.0. The Balaban J connectivity index is 1.04. The Morgan fingerprint density at radius 2 is 0.793 bits per heavy atom. The second kappa shape index (κ2) is 14.4. The topological polar surface area (TPSA) is 6.48 Å². The average molecular weight is 759 g/mol. The molecule has 1 aliphatic rings. The van der Waals surface area contributed by atoms with Gasteiger partial charge in [0.05, 0.1) is 0 Å². The van der Waals surface area contributed by atoms with E-state index in [1.54, 1.807) is 0 Å². The number of thiophene rings is 1. The molecular formula is C55H38N2S. The second-order valence-corrected chi connectivity index (χ2v) is 16.1. The Hall–Kier alpha value is -7.20. The smallest absolute Gasteiger partial charge is 0.0476 e. The largest absolute Gasteiger partial charge is 0.310 e. The third-order valence-corrected chi connectivity index (χ3v) is 12.6. The van der Waals surface area contributed by atoms with E-state index in [9.17, 15) is 0 Å². The summed E-state index contributed by atoms with van der Waals surface area (Å²) in [7, 11) is 0. The normalized spacial score (nSPS) is 11.7. The highest BCUT2D eigenvalue weighted by molar-refractivity contribution is 7.25. The summed E-state index contributed by atoms with van der Waals surface area (Å²) in [6.07, 6.45) is 0.977. The molecule has 0 radical (unpaired) electrons. The summed E-state index contributed by atoms with van der Waals surface area (Å²) in [5.74, 6) is 0. The van der Waals surface area contributed by atoms with E-state index in [0.29, 0.717) is 0 Å². The molecule has 0 amide bonds. The molecule has 274 valence electrons. The van der Waals surface area contributed by atoms with Gasteiger partial charge in [0.15, 0.2) is 0 Å². The number of rotatable bonds is 8. The van der Waals surface area contributed by atoms with E-state index in [4.69, 9.17) is 0 Å². The fraction of sp³-hybridized carbons (Fsp3) is 0.0182. The summed E-state index contributed by atoms with van der Waals surface area (Å²) >= 11 is 1.86. The zero-order valence-corrected chi connectivity index (χ0v) is 32.6. The number of hydrogen-bond acceptors (Lipinski definition) is 3. The molecule has 0 atom stereocenters. The van der Waals surface area contributed by atoms with E-state index >= 15 is 0 Å². The van der Waals surface area contributed by atoms with E-state index in [1.807, 2.05) is 11.3 Å². The molecule has 0 N–H and O–H groups in total. The van der Waals surface area contributed by atoms with Crippen molar-refractivity contribution in [2.45, 2.75) is 6.42 Å². The fourth-order valence-corrected chi connectivity index (χ4v) is 9.78. The van der Waals surface area contributed by atoms with Gasteiger partial charge in [-0.05, 0) is 130 Å². The minimum Gasteiger partial charge on any atom is -0.310 e. The number of fused-ring (bicyclic) bond motifs is 6. The van der Waals surface area contributed by atoms with Gasteiger partial charge in [0.2, 0.25) is 0 Å². The van der Waals surface area contributed by atoms with Gasteiger partial charge in [-0.25, -0.2) is 0 Å². The summed E-state index contributed by atoms with van der Waals surface area (Å²) in [6.45, 7) is 0. The van der Waals surface area contributed by atoms with Crippen LogP contribution in [-0.2, 0) is 6.42 Å². The molecular weight excluding hydrogens is 721 g/mol. The first-order valence-electron chi connectivity index (χ1n) is 19.9. The van der Waals surface area contributed by atoms with Crippen LogP contribution in [0.25, 0.3) is 53.6 Å². The Morgan fingerprint density at radius 1 is 0.293 bits per heavy atom. The lowest BCUT2D eigenvalue weighted by Gasteiger charge is -2.27. The molecule has 1 aliphatic carbocycles. The Morgan fingerprint density at radius 3 is 1.50 bits per heavy atom. The van der Waals surface area contributed by atoms with Crippen molar-refractivity contribution in [3.8, 4) is 33.4 Å². The van der Waals surface area contributed by atoms with Crippen LogP contribution in [0.15, 0.2) is 218 Å². The first-order valence-corrected chi connectivity index (χ1v) is 20.7. The van der Waals surface area contributed by atoms with Crippen molar-refractivity contribution in [1.29, 1.82) is 0 Å². The van der Waals surface area contributed by atoms with Crippen molar-refractivity contribution >= 4 is 65.6 Å². The van der Waals surface area contributed by atoms with Crippen LogP contribution >= 0.6 is 11.3 Å². The van der Waals surface area contributed by atoms with Crippen LogP contribution in [0.1, 0.15) is 11.1 Å². The van der Waals surface area contributed by atoms with Crippen LogP contribution in [0, 0.1) is 0 Å². The number of benzene rings is 9. The first kappa shape index (κ1) is 34.1. The van der Waals surface area contributed by atoms with E-state index in [1.165, 1.54) is 64.7 Å². The van der Waals surface area contributed by atoms with Crippen molar-refractivity contribution in [3.05, 3.63) is 230 Å². The Bertz CT molecular complexity index is 3100. The quantitative estimate of drug-likeness (QED) is 0.152. The Labute approximate surface area is 343 Å². The van der Waals surface area contributed by atoms with Gasteiger partial charge in [-0.3, -0.25) is 0 Å². The van der Waals surface area contributed by atoms with Crippen LogP contribution < -0.4 is 9.80 Å². The summed E-state index contributed by atoms with van der Waals surface area (Å²) in [6, 6.07) is 79.6. The zero-order chi connectivity index (χ0) is 38.4. The molecule has 9 aromatic carbocycles. The van der Waals surface area contributed by atoms with Gasteiger partial charge in [-0.1, -0.05) is 140 Å². The van der Waals surface area contributed by atoms with E-state index < -0.39 is 0 Å². The molecule has 0 saturated heterocycles. The second-order valence-electron chi connectivity index (χ2n) is 15.0. The summed E-state index contributed by atoms with van der Waals surface area (Å²) < 4.78 is 2.53. The molecule has 0 unspecified atom stereocenters. The van der Waals surface area contributed by atoms with Gasteiger partial charge < -0.3 is 9.80 Å². The van der Waals surface area contributed by atoms with Gasteiger partial charge in [-0.15, -0.1) is 11.3 Å². The maximum absolute atomic E-state index is 2.43. The van der Waals surface area contributed by atoms with Crippen LogP contribution in [0.4, 0.5) is 34.1 Å². The lowest BCUT2D eigenvalue weighted by molar-refractivity contribution is 1.25. The third-order valence-electron chi connectivity index (χ3n) is 11.4. The molecule has 2 nitrogen and oxygen atoms in total. The predicted molar refractivity (Wildman–Crippen MR) is 248 cm³/mol. The monoisotopic (exact) mass is 758 g/mol. The van der Waals surface area contributed by atoms with Crippen molar-refractivity contribution in [2.24, 2.45) is 0 Å². The van der Waals surface area contributed by atoms with E-state index in [0.717, 1.165) is 40.5 Å². The first-order chi connectivity index (χ1) is 28.7. The molecule has 0 bridgehead atoms. The van der Waals surface area contributed by atoms with Crippen LogP contribution in [0.5, 0.6) is 0 Å². The molecule has 11 rings (SSSR count). The molecule has 0 aliphatic heterocycles. The molecule has 1 heterocycles. The van der Waals surface area contributed by atoms with Gasteiger partial charge in [-0.2, -0.15) is 0 Å². The molecule has 0 fully saturated rings. The molecule has 0 saturated carbocycles. The molecule has 10 aromatic rings. The van der Waals surface area contributed by atoms with Crippen LogP contribution in [-0.4, -0.2) is 0 Å². The molecule has 3 heteroatoms. The molecule has 0 spiro atoms. The van der Waals surface area contributed by atoms with Crippen LogP contribution in [0.2, 0.25) is 0 Å². The highest BCUT2D eigenvalue weighted by Gasteiger charge is 2.22. The summed E-state index contributed by atoms with van der Waals surface area (Å²) in [5, 5.41) is 2.52. The summed E-state index contributed by atoms with van der Waals surface area (Å²) in [4.78, 5) is 4.80. The van der Waals surface area contributed by atoms with Crippen molar-refractivity contribution in [1.82, 2.24) is 0 Å². The van der Waals surface area contributed by atoms with Crippen LogP contribution in [0.3, 0.4) is 0 Å². The average Bonchev–Trinajstić information content (AvgIpc) is 3.85. The lowest BCUT2D eigenvalue weighted by Crippen LogP contribution is -2.10. The predicted octanol–water partition coefficient (Wildman–Crippen LogP) is 15.9. The Kier molecular flexibility index (Phi) is 8.45. The number of anilines is 6. The van der Waals surface area contributed by atoms with Gasteiger partial charge in [0.1, 0.15) is 0 Å². The highest BCUT2D eigenvalue weighted by atomic mass is 32.1. The van der Waals surface area contributed by atoms with Crippen molar-refractivity contribution < 1.29 is 0 Å². The fourth-order valence-electron chi connectivity index (χ4n) is 8.66. The van der Waals surface area contributed by atoms with E-state index in [2.05, 4.69) is 228 Å². The van der Waals surface area contributed by atoms with E-state index in [-0.39, 0.29) is 0 Å².